The van der Waals surface area contributed by atoms with Gasteiger partial charge >= 0.3 is 5.97 Å². The van der Waals surface area contributed by atoms with Crippen LogP contribution in [0.2, 0.25) is 0 Å². The molecule has 9 heteroatoms. The molecule has 1 N–H and O–H groups in total. The van der Waals surface area contributed by atoms with Crippen LogP contribution in [-0.2, 0) is 0 Å². The van der Waals surface area contributed by atoms with Crippen molar-refractivity contribution in [1.82, 2.24) is 0 Å². The van der Waals surface area contributed by atoms with Gasteiger partial charge in [-0.2, -0.15) is 0 Å². The zero-order chi connectivity index (χ0) is 17.8. The van der Waals surface area contributed by atoms with Crippen molar-refractivity contribution >= 4 is 44.6 Å². The van der Waals surface area contributed by atoms with Crippen LogP contribution < -0.4 is 4.74 Å². The van der Waals surface area contributed by atoms with Crippen LogP contribution in [0.25, 0.3) is 20.9 Å². The van der Waals surface area contributed by atoms with Gasteiger partial charge in [0, 0.05) is 15.5 Å². The Labute approximate surface area is 154 Å². The van der Waals surface area contributed by atoms with Crippen molar-refractivity contribution in [3.63, 3.8) is 0 Å². The van der Waals surface area contributed by atoms with E-state index in [0.29, 0.717) is 5.75 Å². The molecule has 0 fully saturated rings. The van der Waals surface area contributed by atoms with Crippen LogP contribution in [0.5, 0.6) is 11.5 Å². The van der Waals surface area contributed by atoms with Crippen molar-refractivity contribution in [1.29, 1.82) is 0 Å². The van der Waals surface area contributed by atoms with Crippen molar-refractivity contribution in [3.05, 3.63) is 68.4 Å². The van der Waals surface area contributed by atoms with Crippen molar-refractivity contribution in [2.24, 2.45) is 5.11 Å². The molecule has 0 aliphatic heterocycles. The van der Waals surface area contributed by atoms with Gasteiger partial charge in [-0.1, -0.05) is 38.0 Å². The van der Waals surface area contributed by atoms with Crippen LogP contribution in [0, 0.1) is 3.82 Å². The van der Waals surface area contributed by atoms with Crippen LogP contribution in [0.15, 0.2) is 53.6 Å². The van der Waals surface area contributed by atoms with E-state index in [1.165, 1.54) is 28.5 Å². The lowest BCUT2D eigenvalue weighted by Gasteiger charge is -2.07. The SMILES string of the molecule is [N-]=[N+]=Nc1ccc(O)c(C(=O)Oc2ccc(-c3cc(=S)ss3)cc2)c1. The van der Waals surface area contributed by atoms with E-state index in [2.05, 4.69) is 10.0 Å². The molecule has 1 heterocycles. The van der Waals surface area contributed by atoms with Crippen LogP contribution >= 0.6 is 32.9 Å². The van der Waals surface area contributed by atoms with E-state index in [1.54, 1.807) is 22.5 Å². The number of aromatic hydroxyl groups is 1. The number of hydrogen-bond donors (Lipinski definition) is 1. The number of hydrogen-bond acceptors (Lipinski definition) is 7. The Hall–Kier alpha value is -2.71. The minimum absolute atomic E-state index is 0.0789. The molecule has 0 unspecified atom stereocenters. The van der Waals surface area contributed by atoms with Gasteiger partial charge in [0.25, 0.3) is 0 Å². The molecule has 3 rings (SSSR count). The number of nitrogens with zero attached hydrogens (tertiary/aromatic N) is 3. The maximum atomic E-state index is 12.2. The monoisotopic (exact) mass is 387 g/mol. The number of carbonyl (C=O) groups excluding carboxylic acids is 1. The smallest absolute Gasteiger partial charge is 0.347 e. The van der Waals surface area contributed by atoms with Crippen molar-refractivity contribution in [2.75, 3.05) is 0 Å². The fraction of sp³-hybridized carbons (Fsp3) is 0. The zero-order valence-electron chi connectivity index (χ0n) is 12.4. The second-order valence-electron chi connectivity index (χ2n) is 4.80. The Morgan fingerprint density at radius 1 is 1.16 bits per heavy atom. The van der Waals surface area contributed by atoms with E-state index in [0.717, 1.165) is 14.3 Å². The van der Waals surface area contributed by atoms with E-state index < -0.39 is 5.97 Å². The fourth-order valence-electron chi connectivity index (χ4n) is 2.02. The number of rotatable bonds is 4. The molecule has 0 amide bonds. The minimum atomic E-state index is -0.744. The first-order valence-electron chi connectivity index (χ1n) is 6.88. The number of esters is 1. The number of benzene rings is 2. The number of ether oxygens (including phenoxy) is 1. The minimum Gasteiger partial charge on any atom is -0.507 e. The largest absolute Gasteiger partial charge is 0.507 e. The van der Waals surface area contributed by atoms with Crippen LogP contribution in [0.3, 0.4) is 0 Å². The molecular weight excluding hydrogens is 378 g/mol. The zero-order valence-corrected chi connectivity index (χ0v) is 14.9. The standard InChI is InChI=1S/C16H9N3O3S3/c17-19-18-10-3-6-13(20)12(7-10)16(21)22-11-4-1-9(2-5-11)14-8-15(23)25-24-14/h1-8,20H. The summed E-state index contributed by atoms with van der Waals surface area (Å²) in [5, 5.41) is 13.2. The highest BCUT2D eigenvalue weighted by Crippen LogP contribution is 2.31. The van der Waals surface area contributed by atoms with Gasteiger partial charge in [0.2, 0.25) is 0 Å². The van der Waals surface area contributed by atoms with Crippen molar-refractivity contribution in [3.8, 4) is 21.9 Å². The Balaban J connectivity index is 1.80. The average molecular weight is 387 g/mol. The molecule has 0 atom stereocenters. The molecule has 0 bridgehead atoms. The Morgan fingerprint density at radius 3 is 2.56 bits per heavy atom. The van der Waals surface area contributed by atoms with Gasteiger partial charge in [-0.15, -0.1) is 0 Å². The molecule has 0 aliphatic rings. The number of azide groups is 1. The molecule has 0 saturated carbocycles. The molecule has 0 aliphatic carbocycles. The molecule has 124 valence electrons. The molecule has 6 nitrogen and oxygen atoms in total. The van der Waals surface area contributed by atoms with Crippen LogP contribution in [0.1, 0.15) is 10.4 Å². The lowest BCUT2D eigenvalue weighted by Crippen LogP contribution is -2.08. The maximum Gasteiger partial charge on any atom is 0.347 e. The predicted octanol–water partition coefficient (Wildman–Crippen LogP) is 6.07. The average Bonchev–Trinajstić information content (AvgIpc) is 3.04. The summed E-state index contributed by atoms with van der Waals surface area (Å²) in [7, 11) is 3.11. The van der Waals surface area contributed by atoms with Gasteiger partial charge in [0.05, 0.1) is 0 Å². The first kappa shape index (κ1) is 17.1. The van der Waals surface area contributed by atoms with Crippen molar-refractivity contribution < 1.29 is 14.6 Å². The lowest BCUT2D eigenvalue weighted by molar-refractivity contribution is 0.0731. The Kier molecular flexibility index (Phi) is 5.11. The fourth-order valence-corrected chi connectivity index (χ4v) is 4.43. The van der Waals surface area contributed by atoms with Gasteiger partial charge in [0.15, 0.2) is 0 Å². The second-order valence-corrected chi connectivity index (χ2v) is 7.71. The normalized spacial score (nSPS) is 10.1. The molecule has 25 heavy (non-hydrogen) atoms. The summed E-state index contributed by atoms with van der Waals surface area (Å²) in [6.45, 7) is 0. The highest BCUT2D eigenvalue weighted by atomic mass is 32.9. The summed E-state index contributed by atoms with van der Waals surface area (Å²) in [6.07, 6.45) is 0. The predicted molar refractivity (Wildman–Crippen MR) is 100 cm³/mol. The summed E-state index contributed by atoms with van der Waals surface area (Å²) in [5.74, 6) is -0.663. The van der Waals surface area contributed by atoms with Gasteiger partial charge in [-0.3, -0.25) is 0 Å². The van der Waals surface area contributed by atoms with E-state index in [-0.39, 0.29) is 17.0 Å². The Bertz CT molecular complexity index is 1030. The quantitative estimate of drug-likeness (QED) is 0.112. The van der Waals surface area contributed by atoms with Gasteiger partial charge in [0.1, 0.15) is 20.9 Å². The number of phenolic OH excluding ortho intramolecular Hbond substituents is 1. The molecule has 0 saturated heterocycles. The molecule has 0 spiro atoms. The molecular formula is C16H9N3O3S3. The van der Waals surface area contributed by atoms with Gasteiger partial charge in [-0.25, -0.2) is 4.79 Å². The van der Waals surface area contributed by atoms with Crippen LogP contribution in [0.4, 0.5) is 5.69 Å². The van der Waals surface area contributed by atoms with E-state index in [9.17, 15) is 9.90 Å². The highest BCUT2D eigenvalue weighted by Gasteiger charge is 2.14. The first-order valence-corrected chi connectivity index (χ1v) is 9.43. The lowest BCUT2D eigenvalue weighted by atomic mass is 10.1. The summed E-state index contributed by atoms with van der Waals surface area (Å²) in [6, 6.07) is 12.8. The topological polar surface area (TPSA) is 95.3 Å². The summed E-state index contributed by atoms with van der Waals surface area (Å²) in [5.41, 5.74) is 9.56. The molecule has 1 aromatic heterocycles. The van der Waals surface area contributed by atoms with Crippen LogP contribution in [-0.4, -0.2) is 11.1 Å². The third kappa shape index (κ3) is 4.04. The third-order valence-corrected chi connectivity index (χ3v) is 6.08. The third-order valence-electron chi connectivity index (χ3n) is 3.17. The maximum absolute atomic E-state index is 12.2. The molecule has 0 radical (unpaired) electrons. The van der Waals surface area contributed by atoms with Crippen molar-refractivity contribution in [2.45, 2.75) is 0 Å². The summed E-state index contributed by atoms with van der Waals surface area (Å²) >= 11 is 5.12. The van der Waals surface area contributed by atoms with E-state index in [1.807, 2.05) is 18.2 Å². The Morgan fingerprint density at radius 2 is 1.92 bits per heavy atom. The second kappa shape index (κ2) is 7.45. The number of phenols is 1. The van der Waals surface area contributed by atoms with E-state index in [4.69, 9.17) is 22.5 Å². The van der Waals surface area contributed by atoms with Gasteiger partial charge in [-0.05, 0) is 59.6 Å². The van der Waals surface area contributed by atoms with Gasteiger partial charge < -0.3 is 9.84 Å². The first-order chi connectivity index (χ1) is 12.1. The summed E-state index contributed by atoms with van der Waals surface area (Å²) < 4.78 is 6.09. The highest BCUT2D eigenvalue weighted by molar-refractivity contribution is 7.80. The molecule has 2 aromatic carbocycles. The molecule has 3 aromatic rings. The summed E-state index contributed by atoms with van der Waals surface area (Å²) in [4.78, 5) is 15.9. The number of carbonyl (C=O) groups is 1. The van der Waals surface area contributed by atoms with E-state index >= 15 is 0 Å².